The summed E-state index contributed by atoms with van der Waals surface area (Å²) in [5.74, 6) is -1.61. The number of amides is 1. The largest absolute Gasteiger partial charge is 0.477 e. The lowest BCUT2D eigenvalue weighted by molar-refractivity contribution is 0.0698. The van der Waals surface area contributed by atoms with E-state index < -0.39 is 11.9 Å². The second kappa shape index (κ2) is 4.89. The molecule has 0 saturated carbocycles. The number of aromatic nitrogens is 2. The SMILES string of the molecule is O=C(Nc1[nH]ncc1C(=O)O)c1cccc(Cl)c1. The summed E-state index contributed by atoms with van der Waals surface area (Å²) in [7, 11) is 0. The van der Waals surface area contributed by atoms with E-state index in [0.717, 1.165) is 6.20 Å². The summed E-state index contributed by atoms with van der Waals surface area (Å²) in [5, 5.41) is 17.7. The number of carboxylic acid groups (broad SMARTS) is 1. The third kappa shape index (κ3) is 2.49. The maximum absolute atomic E-state index is 11.8. The Labute approximate surface area is 107 Å². The van der Waals surface area contributed by atoms with Crippen LogP contribution in [0.3, 0.4) is 0 Å². The Balaban J connectivity index is 2.21. The lowest BCUT2D eigenvalue weighted by Gasteiger charge is -2.04. The monoisotopic (exact) mass is 265 g/mol. The van der Waals surface area contributed by atoms with Crippen LogP contribution in [-0.2, 0) is 0 Å². The summed E-state index contributed by atoms with van der Waals surface area (Å²) >= 11 is 5.76. The van der Waals surface area contributed by atoms with E-state index in [1.165, 1.54) is 6.07 Å². The second-order valence-electron chi connectivity index (χ2n) is 3.43. The van der Waals surface area contributed by atoms with E-state index in [1.807, 2.05) is 0 Å². The summed E-state index contributed by atoms with van der Waals surface area (Å²) in [6.45, 7) is 0. The molecule has 18 heavy (non-hydrogen) atoms. The summed E-state index contributed by atoms with van der Waals surface area (Å²) in [5.41, 5.74) is 0.221. The molecule has 3 N–H and O–H groups in total. The molecule has 6 nitrogen and oxygen atoms in total. The molecule has 0 aliphatic carbocycles. The lowest BCUT2D eigenvalue weighted by atomic mass is 10.2. The van der Waals surface area contributed by atoms with Crippen molar-refractivity contribution in [1.29, 1.82) is 0 Å². The topological polar surface area (TPSA) is 95.1 Å². The van der Waals surface area contributed by atoms with Gasteiger partial charge in [-0.15, -0.1) is 0 Å². The Morgan fingerprint density at radius 3 is 2.83 bits per heavy atom. The maximum Gasteiger partial charge on any atom is 0.341 e. The first-order valence-corrected chi connectivity index (χ1v) is 5.29. The molecule has 1 heterocycles. The van der Waals surface area contributed by atoms with Crippen LogP contribution in [0.15, 0.2) is 30.5 Å². The van der Waals surface area contributed by atoms with Crippen molar-refractivity contribution in [3.63, 3.8) is 0 Å². The van der Waals surface area contributed by atoms with E-state index in [0.29, 0.717) is 10.6 Å². The van der Waals surface area contributed by atoms with E-state index >= 15 is 0 Å². The Bertz CT molecular complexity index is 609. The molecular weight excluding hydrogens is 258 g/mol. The van der Waals surface area contributed by atoms with Gasteiger partial charge < -0.3 is 10.4 Å². The van der Waals surface area contributed by atoms with Crippen molar-refractivity contribution in [2.45, 2.75) is 0 Å². The smallest absolute Gasteiger partial charge is 0.341 e. The zero-order chi connectivity index (χ0) is 13.1. The van der Waals surface area contributed by atoms with E-state index in [1.54, 1.807) is 18.2 Å². The fourth-order valence-electron chi connectivity index (χ4n) is 1.36. The van der Waals surface area contributed by atoms with Gasteiger partial charge in [-0.3, -0.25) is 9.89 Å². The molecule has 0 bridgehead atoms. The van der Waals surface area contributed by atoms with E-state index in [-0.39, 0.29) is 11.4 Å². The molecule has 92 valence electrons. The van der Waals surface area contributed by atoms with Crippen LogP contribution >= 0.6 is 11.6 Å². The molecule has 0 unspecified atom stereocenters. The Kier molecular flexibility index (Phi) is 3.29. The molecule has 2 aromatic rings. The number of nitrogens with zero attached hydrogens (tertiary/aromatic N) is 1. The molecular formula is C11H8ClN3O3. The van der Waals surface area contributed by atoms with Crippen LogP contribution in [0, 0.1) is 0 Å². The van der Waals surface area contributed by atoms with Crippen LogP contribution in [0.2, 0.25) is 5.02 Å². The van der Waals surface area contributed by atoms with Crippen molar-refractivity contribution in [2.24, 2.45) is 0 Å². The predicted octanol–water partition coefficient (Wildman–Crippen LogP) is 2.01. The van der Waals surface area contributed by atoms with Crippen LogP contribution in [0.25, 0.3) is 0 Å². The molecule has 0 fully saturated rings. The molecule has 0 spiro atoms. The van der Waals surface area contributed by atoms with Gasteiger partial charge in [0.25, 0.3) is 5.91 Å². The van der Waals surface area contributed by atoms with Gasteiger partial charge in [-0.25, -0.2) is 4.79 Å². The number of aromatic carboxylic acids is 1. The third-order valence-electron chi connectivity index (χ3n) is 2.20. The zero-order valence-corrected chi connectivity index (χ0v) is 9.73. The Morgan fingerprint density at radius 1 is 1.39 bits per heavy atom. The molecule has 0 radical (unpaired) electrons. The highest BCUT2D eigenvalue weighted by atomic mass is 35.5. The zero-order valence-electron chi connectivity index (χ0n) is 8.98. The van der Waals surface area contributed by atoms with Gasteiger partial charge in [-0.1, -0.05) is 17.7 Å². The Morgan fingerprint density at radius 2 is 2.17 bits per heavy atom. The quantitative estimate of drug-likeness (QED) is 0.791. The Hall–Kier alpha value is -2.34. The molecule has 0 aliphatic rings. The van der Waals surface area contributed by atoms with Gasteiger partial charge in [0.15, 0.2) is 0 Å². The van der Waals surface area contributed by atoms with Crippen molar-refractivity contribution in [2.75, 3.05) is 5.32 Å². The molecule has 0 saturated heterocycles. The van der Waals surface area contributed by atoms with Gasteiger partial charge in [-0.2, -0.15) is 5.10 Å². The molecule has 1 amide bonds. The fraction of sp³-hybridized carbons (Fsp3) is 0. The highest BCUT2D eigenvalue weighted by Crippen LogP contribution is 2.15. The number of carbonyl (C=O) groups is 2. The molecule has 0 atom stereocenters. The van der Waals surface area contributed by atoms with Crippen molar-refractivity contribution < 1.29 is 14.7 Å². The van der Waals surface area contributed by atoms with E-state index in [9.17, 15) is 9.59 Å². The standard InChI is InChI=1S/C11H8ClN3O3/c12-7-3-1-2-6(4-7)10(16)14-9-8(11(17)18)5-13-15-9/h1-5H,(H,17,18)(H2,13,14,15,16). The predicted molar refractivity (Wildman–Crippen MR) is 65.0 cm³/mol. The van der Waals surface area contributed by atoms with E-state index in [2.05, 4.69) is 15.5 Å². The minimum absolute atomic E-state index is 0.0347. The van der Waals surface area contributed by atoms with Crippen molar-refractivity contribution in [1.82, 2.24) is 10.2 Å². The first kappa shape index (κ1) is 12.1. The summed E-state index contributed by atoms with van der Waals surface area (Å²) in [4.78, 5) is 22.7. The van der Waals surface area contributed by atoms with Crippen LogP contribution in [0.1, 0.15) is 20.7 Å². The second-order valence-corrected chi connectivity index (χ2v) is 3.86. The first-order valence-electron chi connectivity index (χ1n) is 4.91. The van der Waals surface area contributed by atoms with Crippen molar-refractivity contribution in [3.8, 4) is 0 Å². The average molecular weight is 266 g/mol. The normalized spacial score (nSPS) is 10.1. The van der Waals surface area contributed by atoms with Crippen LogP contribution in [0.4, 0.5) is 5.82 Å². The average Bonchev–Trinajstić information content (AvgIpc) is 2.77. The fourth-order valence-corrected chi connectivity index (χ4v) is 1.55. The number of hydrogen-bond donors (Lipinski definition) is 3. The number of halogens is 1. The molecule has 2 rings (SSSR count). The number of carbonyl (C=O) groups excluding carboxylic acids is 1. The van der Waals surface area contributed by atoms with E-state index in [4.69, 9.17) is 16.7 Å². The van der Waals surface area contributed by atoms with Crippen LogP contribution in [-0.4, -0.2) is 27.2 Å². The van der Waals surface area contributed by atoms with Crippen molar-refractivity contribution in [3.05, 3.63) is 46.6 Å². The minimum atomic E-state index is -1.18. The number of hydrogen-bond acceptors (Lipinski definition) is 3. The molecule has 0 aliphatic heterocycles. The molecule has 1 aromatic carbocycles. The number of aromatic amines is 1. The summed E-state index contributed by atoms with van der Waals surface area (Å²) < 4.78 is 0. The van der Waals surface area contributed by atoms with Gasteiger partial charge in [-0.05, 0) is 18.2 Å². The minimum Gasteiger partial charge on any atom is -0.477 e. The number of rotatable bonds is 3. The number of nitrogens with one attached hydrogen (secondary N) is 2. The van der Waals surface area contributed by atoms with Gasteiger partial charge >= 0.3 is 5.97 Å². The van der Waals surface area contributed by atoms with Gasteiger partial charge in [0, 0.05) is 10.6 Å². The summed E-state index contributed by atoms with van der Waals surface area (Å²) in [6.07, 6.45) is 1.12. The highest BCUT2D eigenvalue weighted by Gasteiger charge is 2.15. The number of anilines is 1. The van der Waals surface area contributed by atoms with Gasteiger partial charge in [0.1, 0.15) is 11.4 Å². The first-order chi connectivity index (χ1) is 8.58. The third-order valence-corrected chi connectivity index (χ3v) is 2.43. The molecule has 7 heteroatoms. The summed E-state index contributed by atoms with van der Waals surface area (Å²) in [6, 6.07) is 6.31. The number of benzene rings is 1. The lowest BCUT2D eigenvalue weighted by Crippen LogP contribution is -2.14. The van der Waals surface area contributed by atoms with Gasteiger partial charge in [0.2, 0.25) is 0 Å². The number of H-pyrrole nitrogens is 1. The van der Waals surface area contributed by atoms with Crippen LogP contribution < -0.4 is 5.32 Å². The molecule has 1 aromatic heterocycles. The number of carboxylic acids is 1. The van der Waals surface area contributed by atoms with Crippen LogP contribution in [0.5, 0.6) is 0 Å². The highest BCUT2D eigenvalue weighted by molar-refractivity contribution is 6.31. The van der Waals surface area contributed by atoms with Crippen molar-refractivity contribution >= 4 is 29.3 Å². The maximum atomic E-state index is 11.8. The van der Waals surface area contributed by atoms with Gasteiger partial charge in [0.05, 0.1) is 6.20 Å².